The van der Waals surface area contributed by atoms with Gasteiger partial charge in [0.05, 0.1) is 11.4 Å². The minimum atomic E-state index is 0.244. The van der Waals surface area contributed by atoms with E-state index in [0.29, 0.717) is 0 Å². The Balaban J connectivity index is 1.16. The third-order valence-corrected chi connectivity index (χ3v) is 8.45. The van der Waals surface area contributed by atoms with E-state index in [1.165, 1.54) is 32.4 Å². The van der Waals surface area contributed by atoms with Crippen LogP contribution in [0.3, 0.4) is 0 Å². The number of para-hydroxylation sites is 1. The van der Waals surface area contributed by atoms with Crippen LogP contribution in [-0.2, 0) is 6.54 Å². The molecule has 2 aliphatic heterocycles. The predicted octanol–water partition coefficient (Wildman–Crippen LogP) is 7.31. The fourth-order valence-electron chi connectivity index (χ4n) is 5.30. The zero-order chi connectivity index (χ0) is 26.1. The number of rotatable bonds is 6. The zero-order valence-corrected chi connectivity index (χ0v) is 22.8. The van der Waals surface area contributed by atoms with Crippen LogP contribution < -0.4 is 20.3 Å². The molecule has 6 heteroatoms. The second-order valence-electron chi connectivity index (χ2n) is 10.3. The topological polar surface area (TPSA) is 45.0 Å². The molecule has 6 rings (SSSR count). The lowest BCUT2D eigenvalue weighted by atomic mass is 10.1. The van der Waals surface area contributed by atoms with Crippen molar-refractivity contribution in [1.29, 1.82) is 0 Å². The molecule has 1 saturated heterocycles. The predicted molar refractivity (Wildman–Crippen MR) is 159 cm³/mol. The van der Waals surface area contributed by atoms with Gasteiger partial charge in [0.2, 0.25) is 0 Å². The van der Waals surface area contributed by atoms with E-state index < -0.39 is 0 Å². The molecule has 194 valence electrons. The van der Waals surface area contributed by atoms with Crippen molar-refractivity contribution in [1.82, 2.24) is 4.90 Å². The Hall–Kier alpha value is -3.61. The summed E-state index contributed by atoms with van der Waals surface area (Å²) in [5.41, 5.74) is 12.8. The highest BCUT2D eigenvalue weighted by molar-refractivity contribution is 7.99. The zero-order valence-electron chi connectivity index (χ0n) is 22.0. The highest BCUT2D eigenvalue weighted by Gasteiger charge is 2.26. The summed E-state index contributed by atoms with van der Waals surface area (Å²) in [5.74, 6) is 0.935. The van der Waals surface area contributed by atoms with E-state index >= 15 is 0 Å². The molecule has 0 unspecified atom stereocenters. The van der Waals surface area contributed by atoms with E-state index in [-0.39, 0.29) is 6.10 Å². The fourth-order valence-corrected chi connectivity index (χ4v) is 6.34. The maximum absolute atomic E-state index is 6.43. The van der Waals surface area contributed by atoms with Crippen molar-refractivity contribution in [2.45, 2.75) is 35.3 Å². The summed E-state index contributed by atoms with van der Waals surface area (Å²) in [6.45, 7) is 3.01. The van der Waals surface area contributed by atoms with Gasteiger partial charge in [0.25, 0.3) is 0 Å². The van der Waals surface area contributed by atoms with Crippen LogP contribution in [0, 0.1) is 0 Å². The van der Waals surface area contributed by atoms with E-state index in [0.717, 1.165) is 49.6 Å². The molecule has 2 heterocycles. The summed E-state index contributed by atoms with van der Waals surface area (Å²) in [6, 6.07) is 32.1. The normalized spacial score (nSPS) is 15.6. The number of benzene rings is 4. The molecule has 0 aromatic heterocycles. The Kier molecular flexibility index (Phi) is 6.92. The average molecular weight is 523 g/mol. The van der Waals surface area contributed by atoms with Crippen LogP contribution in [0.5, 0.6) is 5.75 Å². The lowest BCUT2D eigenvalue weighted by Gasteiger charge is -2.34. The van der Waals surface area contributed by atoms with Gasteiger partial charge in [-0.15, -0.1) is 0 Å². The molecule has 0 saturated carbocycles. The molecule has 4 aromatic rings. The van der Waals surface area contributed by atoms with E-state index in [2.05, 4.69) is 108 Å². The molecule has 0 atom stereocenters. The van der Waals surface area contributed by atoms with Crippen LogP contribution in [0.4, 0.5) is 28.4 Å². The standard InChI is InChI=1S/C32H34N4OS/c1-34(2)26-12-15-32-30(21-26)36(29-8-3-4-9-31(29)38-32)25-10-13-27(14-11-25)37-28-16-18-35(19-17-28)22-23-6-5-7-24(33)20-23/h3-15,20-21,28H,16-19,22,33H2,1-2H3. The SMILES string of the molecule is CN(C)c1ccc2c(c1)N(c1ccc(OC3CCN(Cc4cccc(N)c4)CC3)cc1)c1ccccc1S2. The molecular formula is C32H34N4OS. The molecule has 38 heavy (non-hydrogen) atoms. The first kappa shape index (κ1) is 24.7. The quantitative estimate of drug-likeness (QED) is 0.236. The third-order valence-electron chi connectivity index (χ3n) is 7.32. The van der Waals surface area contributed by atoms with Crippen molar-refractivity contribution in [2.24, 2.45) is 0 Å². The lowest BCUT2D eigenvalue weighted by Crippen LogP contribution is -2.37. The number of nitrogens with two attached hydrogens (primary N) is 1. The molecule has 0 radical (unpaired) electrons. The number of hydrogen-bond donors (Lipinski definition) is 1. The maximum atomic E-state index is 6.43. The van der Waals surface area contributed by atoms with Gasteiger partial charge < -0.3 is 20.3 Å². The molecular weight excluding hydrogens is 488 g/mol. The first-order valence-corrected chi connectivity index (χ1v) is 14.1. The van der Waals surface area contributed by atoms with Gasteiger partial charge in [-0.2, -0.15) is 0 Å². The second-order valence-corrected chi connectivity index (χ2v) is 11.4. The van der Waals surface area contributed by atoms with Crippen molar-refractivity contribution in [3.63, 3.8) is 0 Å². The number of piperidine rings is 1. The Labute approximate surface area is 229 Å². The number of ether oxygens (including phenoxy) is 1. The van der Waals surface area contributed by atoms with Gasteiger partial charge in [-0.3, -0.25) is 4.90 Å². The van der Waals surface area contributed by atoms with Crippen molar-refractivity contribution in [3.05, 3.63) is 96.6 Å². The molecule has 0 aliphatic carbocycles. The molecule has 0 amide bonds. The van der Waals surface area contributed by atoms with Crippen molar-refractivity contribution >= 4 is 40.2 Å². The summed E-state index contributed by atoms with van der Waals surface area (Å²) in [6.07, 6.45) is 2.30. The van der Waals surface area contributed by atoms with Gasteiger partial charge in [0.1, 0.15) is 11.9 Å². The van der Waals surface area contributed by atoms with E-state index in [9.17, 15) is 0 Å². The number of nitrogens with zero attached hydrogens (tertiary/aromatic N) is 3. The maximum Gasteiger partial charge on any atom is 0.119 e. The van der Waals surface area contributed by atoms with Crippen LogP contribution in [0.1, 0.15) is 18.4 Å². The lowest BCUT2D eigenvalue weighted by molar-refractivity contribution is 0.0968. The van der Waals surface area contributed by atoms with Gasteiger partial charge >= 0.3 is 0 Å². The van der Waals surface area contributed by atoms with Crippen LogP contribution >= 0.6 is 11.8 Å². The summed E-state index contributed by atoms with van der Waals surface area (Å²) in [5, 5.41) is 0. The molecule has 4 aromatic carbocycles. The average Bonchev–Trinajstić information content (AvgIpc) is 2.93. The number of nitrogen functional groups attached to an aromatic ring is 1. The Morgan fingerprint density at radius 3 is 2.37 bits per heavy atom. The smallest absolute Gasteiger partial charge is 0.119 e. The second kappa shape index (κ2) is 10.6. The van der Waals surface area contributed by atoms with Gasteiger partial charge in [-0.25, -0.2) is 0 Å². The van der Waals surface area contributed by atoms with Crippen LogP contribution in [0.25, 0.3) is 0 Å². The van der Waals surface area contributed by atoms with Gasteiger partial charge in [-0.1, -0.05) is 36.0 Å². The van der Waals surface area contributed by atoms with Gasteiger partial charge in [-0.05, 0) is 85.1 Å². The van der Waals surface area contributed by atoms with Crippen LogP contribution in [0.15, 0.2) is 101 Å². The fraction of sp³-hybridized carbons (Fsp3) is 0.250. The number of fused-ring (bicyclic) bond motifs is 2. The summed E-state index contributed by atoms with van der Waals surface area (Å²) < 4.78 is 6.43. The molecule has 0 bridgehead atoms. The number of anilines is 5. The molecule has 2 aliphatic rings. The van der Waals surface area contributed by atoms with Crippen LogP contribution in [-0.4, -0.2) is 38.2 Å². The summed E-state index contributed by atoms with van der Waals surface area (Å²) in [7, 11) is 4.17. The molecule has 0 spiro atoms. The van der Waals surface area contributed by atoms with Crippen molar-refractivity contribution < 1.29 is 4.74 Å². The van der Waals surface area contributed by atoms with Crippen molar-refractivity contribution in [3.8, 4) is 5.75 Å². The highest BCUT2D eigenvalue weighted by Crippen LogP contribution is 2.52. The molecule has 5 nitrogen and oxygen atoms in total. The van der Waals surface area contributed by atoms with Gasteiger partial charge in [0, 0.05) is 60.6 Å². The van der Waals surface area contributed by atoms with E-state index in [1.807, 2.05) is 23.9 Å². The van der Waals surface area contributed by atoms with Crippen LogP contribution in [0.2, 0.25) is 0 Å². The Morgan fingerprint density at radius 2 is 1.61 bits per heavy atom. The van der Waals surface area contributed by atoms with Crippen molar-refractivity contribution in [2.75, 3.05) is 42.7 Å². The first-order valence-electron chi connectivity index (χ1n) is 13.3. The number of hydrogen-bond acceptors (Lipinski definition) is 6. The minimum Gasteiger partial charge on any atom is -0.490 e. The van der Waals surface area contributed by atoms with Gasteiger partial charge in [0.15, 0.2) is 0 Å². The number of likely N-dealkylation sites (tertiary alicyclic amines) is 1. The molecule has 1 fully saturated rings. The summed E-state index contributed by atoms with van der Waals surface area (Å²) >= 11 is 1.83. The van der Waals surface area contributed by atoms with E-state index in [1.54, 1.807) is 0 Å². The monoisotopic (exact) mass is 522 g/mol. The Morgan fingerprint density at radius 1 is 0.842 bits per heavy atom. The molecule has 2 N–H and O–H groups in total. The van der Waals surface area contributed by atoms with E-state index in [4.69, 9.17) is 10.5 Å². The largest absolute Gasteiger partial charge is 0.490 e. The highest BCUT2D eigenvalue weighted by atomic mass is 32.2. The Bertz CT molecular complexity index is 1410. The summed E-state index contributed by atoms with van der Waals surface area (Å²) in [4.78, 5) is 9.54. The minimum absolute atomic E-state index is 0.244. The first-order chi connectivity index (χ1) is 18.5. The third kappa shape index (κ3) is 5.19.